The van der Waals surface area contributed by atoms with Crippen molar-refractivity contribution >= 4 is 23.5 Å². The van der Waals surface area contributed by atoms with Gasteiger partial charge in [0.05, 0.1) is 18.7 Å². The molecule has 2 N–H and O–H groups in total. The lowest BCUT2D eigenvalue weighted by atomic mass is 10.1. The normalized spacial score (nSPS) is 10.2. The van der Waals surface area contributed by atoms with Crippen LogP contribution in [0.2, 0.25) is 0 Å². The summed E-state index contributed by atoms with van der Waals surface area (Å²) in [6.07, 6.45) is 1.78. The van der Waals surface area contributed by atoms with E-state index in [4.69, 9.17) is 9.47 Å². The Morgan fingerprint density at radius 3 is 2.40 bits per heavy atom. The second kappa shape index (κ2) is 11.6. The average Bonchev–Trinajstić information content (AvgIpc) is 2.74. The molecule has 0 spiro atoms. The third-order valence-electron chi connectivity index (χ3n) is 4.52. The maximum atomic E-state index is 12.0. The van der Waals surface area contributed by atoms with Crippen LogP contribution in [0.25, 0.3) is 0 Å². The molecule has 0 saturated carbocycles. The Labute approximate surface area is 176 Å². The highest BCUT2D eigenvalue weighted by molar-refractivity contribution is 5.95. The number of esters is 1. The number of rotatable bonds is 10. The minimum Gasteiger partial charge on any atom is -0.484 e. The lowest BCUT2D eigenvalue weighted by molar-refractivity contribution is -0.125. The number of anilines is 1. The summed E-state index contributed by atoms with van der Waals surface area (Å²) in [5.74, 6) is -0.685. The van der Waals surface area contributed by atoms with Gasteiger partial charge >= 0.3 is 5.97 Å². The molecule has 160 valence electrons. The van der Waals surface area contributed by atoms with Crippen LogP contribution in [0.1, 0.15) is 41.3 Å². The topological polar surface area (TPSA) is 93.7 Å². The van der Waals surface area contributed by atoms with Crippen molar-refractivity contribution < 1.29 is 23.9 Å². The van der Waals surface area contributed by atoms with Crippen molar-refractivity contribution in [2.24, 2.45) is 0 Å². The summed E-state index contributed by atoms with van der Waals surface area (Å²) in [5, 5.41) is 5.29. The monoisotopic (exact) mass is 412 g/mol. The van der Waals surface area contributed by atoms with Crippen molar-refractivity contribution in [2.75, 3.05) is 25.1 Å². The third-order valence-corrected chi connectivity index (χ3v) is 4.52. The van der Waals surface area contributed by atoms with Crippen molar-refractivity contribution in [1.82, 2.24) is 5.32 Å². The minimum absolute atomic E-state index is 0.155. The Kier molecular flexibility index (Phi) is 8.87. The Hall–Kier alpha value is -3.35. The van der Waals surface area contributed by atoms with E-state index in [1.165, 1.54) is 0 Å². The van der Waals surface area contributed by atoms with Gasteiger partial charge in [0.15, 0.2) is 6.61 Å². The van der Waals surface area contributed by atoms with Gasteiger partial charge in [0.2, 0.25) is 5.91 Å². The Morgan fingerprint density at radius 1 is 0.967 bits per heavy atom. The first-order valence-corrected chi connectivity index (χ1v) is 9.93. The molecule has 0 aliphatic carbocycles. The Bertz CT molecular complexity index is 878. The van der Waals surface area contributed by atoms with E-state index in [0.29, 0.717) is 17.9 Å². The van der Waals surface area contributed by atoms with Gasteiger partial charge in [-0.3, -0.25) is 9.59 Å². The van der Waals surface area contributed by atoms with Gasteiger partial charge in [-0.25, -0.2) is 4.79 Å². The zero-order valence-corrected chi connectivity index (χ0v) is 17.6. The summed E-state index contributed by atoms with van der Waals surface area (Å²) in [7, 11) is 0. The summed E-state index contributed by atoms with van der Waals surface area (Å²) < 4.78 is 10.5. The number of amides is 2. The Morgan fingerprint density at radius 2 is 1.70 bits per heavy atom. The second-order valence-corrected chi connectivity index (χ2v) is 6.87. The van der Waals surface area contributed by atoms with Crippen molar-refractivity contribution in [3.05, 3.63) is 59.2 Å². The predicted molar refractivity (Wildman–Crippen MR) is 115 cm³/mol. The minimum atomic E-state index is -0.422. The summed E-state index contributed by atoms with van der Waals surface area (Å²) >= 11 is 0. The van der Waals surface area contributed by atoms with Gasteiger partial charge in [-0.15, -0.1) is 0 Å². The molecule has 0 aliphatic rings. The number of carbonyl (C=O) groups excluding carboxylic acids is 3. The molecule has 2 rings (SSSR count). The van der Waals surface area contributed by atoms with Crippen molar-refractivity contribution in [1.29, 1.82) is 0 Å². The zero-order valence-electron chi connectivity index (χ0n) is 17.6. The maximum absolute atomic E-state index is 12.0. The van der Waals surface area contributed by atoms with Gasteiger partial charge in [0.25, 0.3) is 5.91 Å². The summed E-state index contributed by atoms with van der Waals surface area (Å²) in [4.78, 5) is 35.8. The van der Waals surface area contributed by atoms with Gasteiger partial charge in [-0.1, -0.05) is 25.5 Å². The molecule has 0 radical (unpaired) electrons. The third kappa shape index (κ3) is 7.24. The molecule has 0 aromatic heterocycles. The lowest BCUT2D eigenvalue weighted by Crippen LogP contribution is -2.35. The van der Waals surface area contributed by atoms with E-state index in [9.17, 15) is 14.4 Å². The van der Waals surface area contributed by atoms with Crippen LogP contribution in [0.3, 0.4) is 0 Å². The fourth-order valence-corrected chi connectivity index (χ4v) is 2.54. The van der Waals surface area contributed by atoms with Crippen molar-refractivity contribution in [2.45, 2.75) is 33.6 Å². The molecular formula is C23H28N2O5. The molecule has 0 saturated heterocycles. The van der Waals surface area contributed by atoms with E-state index in [1.807, 2.05) is 39.0 Å². The van der Waals surface area contributed by atoms with Gasteiger partial charge in [-0.2, -0.15) is 0 Å². The van der Waals surface area contributed by atoms with E-state index in [0.717, 1.165) is 29.7 Å². The fraction of sp³-hybridized carbons (Fsp3) is 0.348. The SMILES string of the molecule is CCCCOC(=O)c1ccc(OCC(=O)NCC(=O)Nc2cccc(C)c2C)cc1. The van der Waals surface area contributed by atoms with Gasteiger partial charge in [-0.05, 0) is 61.7 Å². The summed E-state index contributed by atoms with van der Waals surface area (Å²) in [6.45, 7) is 5.91. The molecular weight excluding hydrogens is 384 g/mol. The number of unbranched alkanes of at least 4 members (excludes halogenated alkanes) is 1. The van der Waals surface area contributed by atoms with Crippen LogP contribution in [0.15, 0.2) is 42.5 Å². The van der Waals surface area contributed by atoms with E-state index < -0.39 is 5.91 Å². The van der Waals surface area contributed by atoms with Crippen LogP contribution >= 0.6 is 0 Å². The fourth-order valence-electron chi connectivity index (χ4n) is 2.54. The maximum Gasteiger partial charge on any atom is 0.338 e. The number of aryl methyl sites for hydroxylation is 1. The molecule has 30 heavy (non-hydrogen) atoms. The van der Waals surface area contributed by atoms with Gasteiger partial charge < -0.3 is 20.1 Å². The van der Waals surface area contributed by atoms with Gasteiger partial charge in [0.1, 0.15) is 5.75 Å². The molecule has 0 bridgehead atoms. The number of hydrogen-bond donors (Lipinski definition) is 2. The number of carbonyl (C=O) groups is 3. The molecule has 0 unspecified atom stereocenters. The average molecular weight is 412 g/mol. The number of benzene rings is 2. The molecule has 7 nitrogen and oxygen atoms in total. The Balaban J connectivity index is 1.73. The van der Waals surface area contributed by atoms with E-state index >= 15 is 0 Å². The molecule has 7 heteroatoms. The van der Waals surface area contributed by atoms with Crippen LogP contribution in [-0.4, -0.2) is 37.5 Å². The lowest BCUT2D eigenvalue weighted by Gasteiger charge is -2.11. The molecule has 0 heterocycles. The molecule has 0 fully saturated rings. The highest BCUT2D eigenvalue weighted by Crippen LogP contribution is 2.17. The van der Waals surface area contributed by atoms with Crippen molar-refractivity contribution in [3.63, 3.8) is 0 Å². The van der Waals surface area contributed by atoms with Crippen LogP contribution < -0.4 is 15.4 Å². The van der Waals surface area contributed by atoms with Crippen LogP contribution in [-0.2, 0) is 14.3 Å². The van der Waals surface area contributed by atoms with Crippen molar-refractivity contribution in [3.8, 4) is 5.75 Å². The smallest absolute Gasteiger partial charge is 0.338 e. The van der Waals surface area contributed by atoms with Crippen LogP contribution in [0.5, 0.6) is 5.75 Å². The second-order valence-electron chi connectivity index (χ2n) is 6.87. The summed E-state index contributed by atoms with van der Waals surface area (Å²) in [6, 6.07) is 12.0. The zero-order chi connectivity index (χ0) is 21.9. The quantitative estimate of drug-likeness (QED) is 0.461. The van der Waals surface area contributed by atoms with E-state index in [1.54, 1.807) is 24.3 Å². The van der Waals surface area contributed by atoms with E-state index in [-0.39, 0.29) is 25.0 Å². The molecule has 2 aromatic carbocycles. The summed E-state index contributed by atoms with van der Waals surface area (Å²) in [5.41, 5.74) is 3.20. The molecule has 2 aromatic rings. The van der Waals surface area contributed by atoms with E-state index in [2.05, 4.69) is 10.6 Å². The first-order chi connectivity index (χ1) is 14.4. The molecule has 0 atom stereocenters. The molecule has 0 aliphatic heterocycles. The first kappa shape index (κ1) is 22.9. The molecule has 2 amide bonds. The first-order valence-electron chi connectivity index (χ1n) is 9.93. The highest BCUT2D eigenvalue weighted by Gasteiger charge is 2.10. The van der Waals surface area contributed by atoms with Crippen LogP contribution in [0.4, 0.5) is 5.69 Å². The number of hydrogen-bond acceptors (Lipinski definition) is 5. The van der Waals surface area contributed by atoms with Crippen LogP contribution in [0, 0.1) is 13.8 Å². The number of ether oxygens (including phenoxy) is 2. The highest BCUT2D eigenvalue weighted by atomic mass is 16.5. The number of nitrogens with one attached hydrogen (secondary N) is 2. The largest absolute Gasteiger partial charge is 0.484 e. The predicted octanol–water partition coefficient (Wildman–Crippen LogP) is 3.39. The van der Waals surface area contributed by atoms with Gasteiger partial charge in [0, 0.05) is 5.69 Å². The standard InChI is InChI=1S/C23H28N2O5/c1-4-5-13-29-23(28)18-9-11-19(12-10-18)30-15-22(27)24-14-21(26)25-20-8-6-7-16(2)17(20)3/h6-12H,4-5,13-15H2,1-3H3,(H,24,27)(H,25,26).